The Morgan fingerprint density at radius 2 is 1.59 bits per heavy atom. The molecule has 0 aromatic heterocycles. The number of hydrogen-bond acceptors (Lipinski definition) is 2. The number of amides is 3. The molecule has 3 aromatic carbocycles. The Morgan fingerprint density at radius 1 is 0.926 bits per heavy atom. The van der Waals surface area contributed by atoms with Crippen LogP contribution in [0.1, 0.15) is 25.5 Å². The van der Waals surface area contributed by atoms with Gasteiger partial charge in [-0.15, -0.1) is 0 Å². The molecular formula is C22H23N3O2. The fourth-order valence-electron chi connectivity index (χ4n) is 3.02. The Hall–Kier alpha value is -3.34. The maximum absolute atomic E-state index is 12.4. The van der Waals surface area contributed by atoms with E-state index in [2.05, 4.69) is 28.8 Å². The van der Waals surface area contributed by atoms with Crippen LogP contribution < -0.4 is 15.5 Å². The van der Waals surface area contributed by atoms with Gasteiger partial charge in [0, 0.05) is 25.3 Å². The lowest BCUT2D eigenvalue weighted by Gasteiger charge is -2.18. The highest BCUT2D eigenvalue weighted by molar-refractivity contribution is 5.93. The smallest absolute Gasteiger partial charge is 0.319 e. The van der Waals surface area contributed by atoms with E-state index in [1.54, 1.807) is 36.2 Å². The average Bonchev–Trinajstić information content (AvgIpc) is 2.67. The van der Waals surface area contributed by atoms with E-state index in [-0.39, 0.29) is 18.0 Å². The first-order valence-electron chi connectivity index (χ1n) is 8.85. The summed E-state index contributed by atoms with van der Waals surface area (Å²) in [6.07, 6.45) is 0. The number of anilines is 2. The maximum Gasteiger partial charge on any atom is 0.319 e. The lowest BCUT2D eigenvalue weighted by Crippen LogP contribution is -2.31. The first kappa shape index (κ1) is 18.5. The number of hydrogen-bond donors (Lipinski definition) is 2. The Bertz CT molecular complexity index is 961. The molecule has 3 aromatic rings. The normalized spacial score (nSPS) is 11.7. The van der Waals surface area contributed by atoms with Crippen molar-refractivity contribution in [2.45, 2.75) is 19.9 Å². The molecule has 2 N–H and O–H groups in total. The van der Waals surface area contributed by atoms with Crippen molar-refractivity contribution in [3.8, 4) is 0 Å². The van der Waals surface area contributed by atoms with Crippen LogP contribution in [-0.2, 0) is 4.79 Å². The number of rotatable bonds is 4. The quantitative estimate of drug-likeness (QED) is 0.707. The fraction of sp³-hybridized carbons (Fsp3) is 0.182. The monoisotopic (exact) mass is 361 g/mol. The minimum atomic E-state index is -0.275. The summed E-state index contributed by atoms with van der Waals surface area (Å²) < 4.78 is 0. The summed E-state index contributed by atoms with van der Waals surface area (Å²) >= 11 is 0. The molecule has 27 heavy (non-hydrogen) atoms. The third kappa shape index (κ3) is 4.26. The van der Waals surface area contributed by atoms with Gasteiger partial charge in [0.25, 0.3) is 0 Å². The molecule has 0 fully saturated rings. The van der Waals surface area contributed by atoms with E-state index in [1.807, 2.05) is 31.2 Å². The van der Waals surface area contributed by atoms with Crippen LogP contribution in [0.25, 0.3) is 10.8 Å². The molecule has 0 saturated carbocycles. The topological polar surface area (TPSA) is 61.4 Å². The van der Waals surface area contributed by atoms with E-state index in [0.717, 1.165) is 22.0 Å². The predicted octanol–water partition coefficient (Wildman–Crippen LogP) is 4.71. The molecule has 0 aliphatic rings. The van der Waals surface area contributed by atoms with Gasteiger partial charge in [-0.25, -0.2) is 4.79 Å². The zero-order chi connectivity index (χ0) is 19.4. The standard InChI is InChI=1S/C22H23N3O2/c1-15(20-10-6-8-17-7-4-5-9-21(17)20)23-22(27)24-18-11-13-19(14-12-18)25(3)16(2)26/h4-15H,1-3H3,(H2,23,24,27). The number of carbonyl (C=O) groups excluding carboxylic acids is 2. The fourth-order valence-corrected chi connectivity index (χ4v) is 3.02. The molecule has 0 radical (unpaired) electrons. The van der Waals surface area contributed by atoms with Crippen molar-refractivity contribution in [3.63, 3.8) is 0 Å². The van der Waals surface area contributed by atoms with E-state index in [4.69, 9.17) is 0 Å². The molecular weight excluding hydrogens is 338 g/mol. The molecule has 5 nitrogen and oxygen atoms in total. The average molecular weight is 361 g/mol. The van der Waals surface area contributed by atoms with Gasteiger partial charge in [0.2, 0.25) is 5.91 Å². The largest absolute Gasteiger partial charge is 0.331 e. The molecule has 0 aliphatic heterocycles. The van der Waals surface area contributed by atoms with Crippen LogP contribution in [0.5, 0.6) is 0 Å². The lowest BCUT2D eigenvalue weighted by atomic mass is 10.00. The molecule has 0 spiro atoms. The number of carbonyl (C=O) groups is 2. The van der Waals surface area contributed by atoms with Crippen molar-refractivity contribution in [1.29, 1.82) is 0 Å². The molecule has 1 unspecified atom stereocenters. The molecule has 3 rings (SSSR count). The highest BCUT2D eigenvalue weighted by Crippen LogP contribution is 2.24. The molecule has 0 aliphatic carbocycles. The van der Waals surface area contributed by atoms with Crippen LogP contribution in [0.15, 0.2) is 66.7 Å². The van der Waals surface area contributed by atoms with Gasteiger partial charge in [-0.3, -0.25) is 4.79 Å². The predicted molar refractivity (Wildman–Crippen MR) is 110 cm³/mol. The van der Waals surface area contributed by atoms with E-state index >= 15 is 0 Å². The van der Waals surface area contributed by atoms with Gasteiger partial charge in [-0.2, -0.15) is 0 Å². The molecule has 0 bridgehead atoms. The summed E-state index contributed by atoms with van der Waals surface area (Å²) in [5, 5.41) is 8.09. The second-order valence-corrected chi connectivity index (χ2v) is 6.51. The molecule has 3 amide bonds. The van der Waals surface area contributed by atoms with Gasteiger partial charge in [-0.1, -0.05) is 42.5 Å². The van der Waals surface area contributed by atoms with Crippen LogP contribution in [0, 0.1) is 0 Å². The number of benzene rings is 3. The summed E-state index contributed by atoms with van der Waals surface area (Å²) in [5.41, 5.74) is 2.51. The molecule has 138 valence electrons. The van der Waals surface area contributed by atoms with Crippen molar-refractivity contribution < 1.29 is 9.59 Å². The van der Waals surface area contributed by atoms with Gasteiger partial charge in [0.05, 0.1) is 6.04 Å². The van der Waals surface area contributed by atoms with Crippen molar-refractivity contribution in [1.82, 2.24) is 5.32 Å². The molecule has 1 atom stereocenters. The first-order chi connectivity index (χ1) is 13.0. The summed E-state index contributed by atoms with van der Waals surface area (Å²) in [4.78, 5) is 25.3. The number of urea groups is 1. The first-order valence-corrected chi connectivity index (χ1v) is 8.85. The Balaban J connectivity index is 1.67. The summed E-state index contributed by atoms with van der Waals surface area (Å²) in [5.74, 6) is -0.0441. The van der Waals surface area contributed by atoms with Crippen LogP contribution in [-0.4, -0.2) is 19.0 Å². The molecule has 0 heterocycles. The van der Waals surface area contributed by atoms with Crippen LogP contribution in [0.3, 0.4) is 0 Å². The highest BCUT2D eigenvalue weighted by Gasteiger charge is 2.12. The zero-order valence-corrected chi connectivity index (χ0v) is 15.7. The van der Waals surface area contributed by atoms with Crippen LogP contribution >= 0.6 is 0 Å². The van der Waals surface area contributed by atoms with Gasteiger partial charge in [0.15, 0.2) is 0 Å². The Morgan fingerprint density at radius 3 is 2.30 bits per heavy atom. The van der Waals surface area contributed by atoms with Gasteiger partial charge < -0.3 is 15.5 Å². The summed E-state index contributed by atoms with van der Waals surface area (Å²) in [6.45, 7) is 3.47. The summed E-state index contributed by atoms with van der Waals surface area (Å²) in [7, 11) is 1.71. The van der Waals surface area contributed by atoms with E-state index in [9.17, 15) is 9.59 Å². The van der Waals surface area contributed by atoms with Crippen molar-refractivity contribution in [3.05, 3.63) is 72.3 Å². The second-order valence-electron chi connectivity index (χ2n) is 6.51. The third-order valence-corrected chi connectivity index (χ3v) is 4.62. The van der Waals surface area contributed by atoms with Gasteiger partial charge in [0.1, 0.15) is 0 Å². The van der Waals surface area contributed by atoms with Gasteiger partial charge in [-0.05, 0) is 47.5 Å². The summed E-state index contributed by atoms with van der Waals surface area (Å²) in [6, 6.07) is 20.9. The second kappa shape index (κ2) is 7.91. The Labute approximate surface area is 159 Å². The molecule has 5 heteroatoms. The minimum absolute atomic E-state index is 0.0441. The van der Waals surface area contributed by atoms with E-state index in [0.29, 0.717) is 5.69 Å². The third-order valence-electron chi connectivity index (χ3n) is 4.62. The number of nitrogens with zero attached hydrogens (tertiary/aromatic N) is 1. The lowest BCUT2D eigenvalue weighted by molar-refractivity contribution is -0.116. The zero-order valence-electron chi connectivity index (χ0n) is 15.7. The number of fused-ring (bicyclic) bond motifs is 1. The highest BCUT2D eigenvalue weighted by atomic mass is 16.2. The SMILES string of the molecule is CC(=O)N(C)c1ccc(NC(=O)NC(C)c2cccc3ccccc23)cc1. The van der Waals surface area contributed by atoms with Crippen molar-refractivity contribution in [2.24, 2.45) is 0 Å². The molecule has 0 saturated heterocycles. The maximum atomic E-state index is 12.4. The van der Waals surface area contributed by atoms with Crippen LogP contribution in [0.4, 0.5) is 16.2 Å². The van der Waals surface area contributed by atoms with Gasteiger partial charge >= 0.3 is 6.03 Å². The van der Waals surface area contributed by atoms with Crippen molar-refractivity contribution >= 4 is 34.1 Å². The van der Waals surface area contributed by atoms with E-state index in [1.165, 1.54) is 6.92 Å². The Kier molecular flexibility index (Phi) is 5.41. The van der Waals surface area contributed by atoms with Crippen molar-refractivity contribution in [2.75, 3.05) is 17.3 Å². The minimum Gasteiger partial charge on any atom is -0.331 e. The van der Waals surface area contributed by atoms with E-state index < -0.39 is 0 Å². The van der Waals surface area contributed by atoms with Crippen LogP contribution in [0.2, 0.25) is 0 Å². The number of nitrogens with one attached hydrogen (secondary N) is 2.